The Bertz CT molecular complexity index is 1360. The topological polar surface area (TPSA) is 44.1 Å². The van der Waals surface area contributed by atoms with Crippen LogP contribution in [0.3, 0.4) is 0 Å². The summed E-state index contributed by atoms with van der Waals surface area (Å²) in [4.78, 5) is 14.6. The van der Waals surface area contributed by atoms with Crippen molar-refractivity contribution in [2.75, 3.05) is 11.9 Å². The number of hydrogen-bond donors (Lipinski definition) is 0. The van der Waals surface area contributed by atoms with E-state index in [0.29, 0.717) is 5.56 Å². The van der Waals surface area contributed by atoms with Crippen LogP contribution in [0.15, 0.2) is 97.1 Å². The maximum atomic E-state index is 12.4. The number of aldehydes is 1. The second-order valence-electron chi connectivity index (χ2n) is 10.3. The number of benzene rings is 4. The summed E-state index contributed by atoms with van der Waals surface area (Å²) in [7, 11) is 2.07. The Morgan fingerprint density at radius 2 is 1.45 bits per heavy atom. The fourth-order valence-electron chi connectivity index (χ4n) is 4.52. The zero-order chi connectivity index (χ0) is 27.7. The first-order valence-corrected chi connectivity index (χ1v) is 13.3. The van der Waals surface area contributed by atoms with Gasteiger partial charge in [0, 0.05) is 19.3 Å². The van der Waals surface area contributed by atoms with Gasteiger partial charge < -0.3 is 9.69 Å². The van der Waals surface area contributed by atoms with Crippen LogP contribution in [0.4, 0.5) is 5.69 Å². The van der Waals surface area contributed by atoms with E-state index in [-0.39, 0.29) is 5.41 Å². The molecule has 4 rings (SSSR count). The fraction of sp³-hybridized carbons (Fsp3) is 0.257. The minimum Gasteiger partial charge on any atom is -0.370 e. The van der Waals surface area contributed by atoms with Gasteiger partial charge in [0.15, 0.2) is 0 Å². The minimum absolute atomic E-state index is 0.0989. The minimum atomic E-state index is -0.428. The van der Waals surface area contributed by atoms with Crippen molar-refractivity contribution in [3.63, 3.8) is 0 Å². The third-order valence-corrected chi connectivity index (χ3v) is 6.66. The molecule has 4 aromatic rings. The fourth-order valence-corrected chi connectivity index (χ4v) is 4.52. The zero-order valence-corrected chi connectivity index (χ0v) is 23.4. The maximum absolute atomic E-state index is 12.4. The Hall–Kier alpha value is -4.16. The molecule has 0 spiro atoms. The quantitative estimate of drug-likeness (QED) is 0.238. The number of anilines is 1. The average Bonchev–Trinajstić information content (AvgIpc) is 2.95. The van der Waals surface area contributed by atoms with Gasteiger partial charge in [0.2, 0.25) is 0 Å². The second-order valence-corrected chi connectivity index (χ2v) is 10.3. The lowest BCUT2D eigenvalue weighted by atomic mass is 9.85. The van der Waals surface area contributed by atoms with Crippen molar-refractivity contribution in [2.45, 2.75) is 52.5 Å². The summed E-state index contributed by atoms with van der Waals surface area (Å²) in [6, 6.07) is 34.9. The van der Waals surface area contributed by atoms with Gasteiger partial charge in [0.1, 0.15) is 6.29 Å². The van der Waals surface area contributed by atoms with Gasteiger partial charge in [-0.3, -0.25) is 0 Å². The number of carbonyl (C=O) groups is 1. The average molecular weight is 503 g/mol. The first-order chi connectivity index (χ1) is 18.3. The van der Waals surface area contributed by atoms with Crippen LogP contribution in [0.5, 0.6) is 0 Å². The molecule has 194 valence electrons. The van der Waals surface area contributed by atoms with Crippen molar-refractivity contribution < 1.29 is 4.79 Å². The number of nitrogens with zero attached hydrogens (tertiary/aromatic N) is 2. The van der Waals surface area contributed by atoms with E-state index in [1.54, 1.807) is 12.1 Å². The molecule has 0 fully saturated rings. The largest absolute Gasteiger partial charge is 0.370 e. The summed E-state index contributed by atoms with van der Waals surface area (Å²) in [5.74, 6) is -0.428. The first kappa shape index (κ1) is 28.4. The van der Waals surface area contributed by atoms with Crippen LogP contribution in [0.2, 0.25) is 0 Å². The van der Waals surface area contributed by atoms with Crippen LogP contribution in [0.25, 0.3) is 11.1 Å². The highest BCUT2D eigenvalue weighted by molar-refractivity contribution is 5.78. The number of nitriles is 1. The van der Waals surface area contributed by atoms with Crippen LogP contribution in [-0.4, -0.2) is 13.3 Å². The highest BCUT2D eigenvalue weighted by Crippen LogP contribution is 2.36. The Morgan fingerprint density at radius 1 is 0.842 bits per heavy atom. The maximum Gasteiger partial charge on any atom is 0.131 e. The van der Waals surface area contributed by atoms with Crippen LogP contribution in [0, 0.1) is 11.3 Å². The van der Waals surface area contributed by atoms with Crippen LogP contribution < -0.4 is 4.90 Å². The van der Waals surface area contributed by atoms with Gasteiger partial charge >= 0.3 is 0 Å². The van der Waals surface area contributed by atoms with Gasteiger partial charge in [-0.05, 0) is 57.0 Å². The smallest absolute Gasteiger partial charge is 0.131 e. The van der Waals surface area contributed by atoms with E-state index < -0.39 is 5.92 Å². The van der Waals surface area contributed by atoms with Crippen molar-refractivity contribution in [2.24, 2.45) is 0 Å². The lowest BCUT2D eigenvalue weighted by molar-refractivity contribution is -0.108. The normalized spacial score (nSPS) is 11.5. The summed E-state index contributed by atoms with van der Waals surface area (Å²) in [6.07, 6.45) is 0.994. The first-order valence-electron chi connectivity index (χ1n) is 13.3. The lowest BCUT2D eigenvalue weighted by Gasteiger charge is -2.26. The molecule has 0 aliphatic carbocycles. The SMILES string of the molecule is CC.CN(Cc1ccccc1)c1cc(-c2ccc(C(C)(C)C)cc2)ccc1C(C=O)c1ccc(C#N)cc1. The molecule has 0 bridgehead atoms. The molecule has 0 aliphatic rings. The van der Waals surface area contributed by atoms with E-state index in [1.807, 2.05) is 44.2 Å². The van der Waals surface area contributed by atoms with E-state index in [4.69, 9.17) is 0 Å². The summed E-state index contributed by atoms with van der Waals surface area (Å²) in [5, 5.41) is 9.17. The summed E-state index contributed by atoms with van der Waals surface area (Å²) < 4.78 is 0. The van der Waals surface area contributed by atoms with Gasteiger partial charge in [-0.15, -0.1) is 0 Å². The van der Waals surface area contributed by atoms with Gasteiger partial charge in [0.25, 0.3) is 0 Å². The molecule has 4 aromatic carbocycles. The second kappa shape index (κ2) is 12.9. The van der Waals surface area contributed by atoms with Crippen molar-refractivity contribution in [3.05, 3.63) is 125 Å². The molecule has 0 heterocycles. The molecule has 3 nitrogen and oxygen atoms in total. The molecule has 1 unspecified atom stereocenters. The predicted molar refractivity (Wildman–Crippen MR) is 160 cm³/mol. The van der Waals surface area contributed by atoms with Crippen molar-refractivity contribution in [1.82, 2.24) is 0 Å². The molecular formula is C35H38N2O. The molecule has 1 atom stereocenters. The Labute approximate surface area is 228 Å². The molecule has 38 heavy (non-hydrogen) atoms. The summed E-state index contributed by atoms with van der Waals surface area (Å²) in [5.41, 5.74) is 8.27. The van der Waals surface area contributed by atoms with Gasteiger partial charge in [-0.2, -0.15) is 5.26 Å². The zero-order valence-electron chi connectivity index (χ0n) is 23.4. The number of rotatable bonds is 7. The molecule has 0 saturated carbocycles. The van der Waals surface area contributed by atoms with Crippen LogP contribution in [0.1, 0.15) is 68.4 Å². The van der Waals surface area contributed by atoms with E-state index in [0.717, 1.165) is 40.8 Å². The molecule has 0 aromatic heterocycles. The Morgan fingerprint density at radius 3 is 2.00 bits per heavy atom. The van der Waals surface area contributed by atoms with E-state index in [9.17, 15) is 10.1 Å². The van der Waals surface area contributed by atoms with Crippen molar-refractivity contribution >= 4 is 12.0 Å². The van der Waals surface area contributed by atoms with Crippen LogP contribution in [-0.2, 0) is 16.8 Å². The predicted octanol–water partition coefficient (Wildman–Crippen LogP) is 8.52. The standard InChI is InChI=1S/C33H32N2O.C2H6/c1-33(2,3)29-17-14-26(15-18-29)28-16-19-30(31(23-36)27-12-10-24(21-34)11-13-27)32(20-28)35(4)22-25-8-6-5-7-9-25;1-2/h5-20,23,31H,22H2,1-4H3;1-2H3. The van der Waals surface area contributed by atoms with E-state index >= 15 is 0 Å². The molecule has 0 N–H and O–H groups in total. The van der Waals surface area contributed by atoms with E-state index in [2.05, 4.69) is 93.4 Å². The monoisotopic (exact) mass is 502 g/mol. The highest BCUT2D eigenvalue weighted by Gasteiger charge is 2.21. The molecule has 0 saturated heterocycles. The third-order valence-electron chi connectivity index (χ3n) is 6.66. The molecule has 0 amide bonds. The Kier molecular flexibility index (Phi) is 9.63. The lowest BCUT2D eigenvalue weighted by Crippen LogP contribution is -2.19. The van der Waals surface area contributed by atoms with Gasteiger partial charge in [-0.1, -0.05) is 113 Å². The van der Waals surface area contributed by atoms with Crippen molar-refractivity contribution in [3.8, 4) is 17.2 Å². The molecule has 0 aliphatic heterocycles. The van der Waals surface area contributed by atoms with Gasteiger partial charge in [-0.25, -0.2) is 0 Å². The van der Waals surface area contributed by atoms with E-state index in [1.165, 1.54) is 11.1 Å². The summed E-state index contributed by atoms with van der Waals surface area (Å²) in [6.45, 7) is 11.4. The Balaban J connectivity index is 0.00000195. The molecule has 3 heteroatoms. The molecule has 0 radical (unpaired) electrons. The molecular weight excluding hydrogens is 464 g/mol. The number of hydrogen-bond acceptors (Lipinski definition) is 3. The number of carbonyl (C=O) groups excluding carboxylic acids is 1. The summed E-state index contributed by atoms with van der Waals surface area (Å²) >= 11 is 0. The van der Waals surface area contributed by atoms with Gasteiger partial charge in [0.05, 0.1) is 17.6 Å². The highest BCUT2D eigenvalue weighted by atomic mass is 16.1. The van der Waals surface area contributed by atoms with Crippen LogP contribution >= 0.6 is 0 Å². The third kappa shape index (κ3) is 6.78. The van der Waals surface area contributed by atoms with Crippen molar-refractivity contribution in [1.29, 1.82) is 5.26 Å².